The summed E-state index contributed by atoms with van der Waals surface area (Å²) < 4.78 is 24.8. The first-order valence-corrected chi connectivity index (χ1v) is 3.99. The zero-order valence-corrected chi connectivity index (χ0v) is 7.85. The van der Waals surface area contributed by atoms with E-state index >= 15 is 0 Å². The smallest absolute Gasteiger partial charge is 0.267 e. The molecule has 0 fully saturated rings. The number of nitriles is 1. The number of nitrogen functional groups attached to an aromatic ring is 1. The fourth-order valence-corrected chi connectivity index (χ4v) is 1.32. The number of hydrogen-bond acceptors (Lipinski definition) is 3. The predicted octanol–water partition coefficient (Wildman–Crippen LogP) is 2.24. The van der Waals surface area contributed by atoms with E-state index in [1.165, 1.54) is 0 Å². The Labute approximate surface area is 81.3 Å². The van der Waals surface area contributed by atoms with Gasteiger partial charge in [0.15, 0.2) is 5.69 Å². The van der Waals surface area contributed by atoms with E-state index in [9.17, 15) is 8.78 Å². The van der Waals surface area contributed by atoms with Crippen LogP contribution in [0.25, 0.3) is 0 Å². The van der Waals surface area contributed by atoms with Gasteiger partial charge in [-0.1, -0.05) is 0 Å². The van der Waals surface area contributed by atoms with Gasteiger partial charge in [-0.3, -0.25) is 0 Å². The largest absolute Gasteiger partial charge is 0.396 e. The number of nitrogens with zero attached hydrogens (tertiary/aromatic N) is 2. The summed E-state index contributed by atoms with van der Waals surface area (Å²) in [5.41, 5.74) is 4.46. The molecule has 0 aliphatic rings. The lowest BCUT2D eigenvalue weighted by Gasteiger charge is -2.06. The monoisotopic (exact) mass is 247 g/mol. The third kappa shape index (κ3) is 1.75. The molecule has 0 saturated carbocycles. The number of nitrogens with two attached hydrogens (primary N) is 1. The van der Waals surface area contributed by atoms with Gasteiger partial charge in [-0.2, -0.15) is 5.26 Å². The first-order chi connectivity index (χ1) is 6.07. The molecular weight excluding hydrogens is 244 g/mol. The van der Waals surface area contributed by atoms with Gasteiger partial charge in [0.05, 0.1) is 11.3 Å². The summed E-state index contributed by atoms with van der Waals surface area (Å²) in [7, 11) is 0. The lowest BCUT2D eigenvalue weighted by Crippen LogP contribution is -2.01. The highest BCUT2D eigenvalue weighted by atomic mass is 79.9. The van der Waals surface area contributed by atoms with E-state index in [1.54, 1.807) is 6.07 Å². The van der Waals surface area contributed by atoms with E-state index in [2.05, 4.69) is 20.9 Å². The SMILES string of the molecule is N#Cc1ncc(Br)c(C(F)F)c1N. The van der Waals surface area contributed by atoms with Gasteiger partial charge in [0.1, 0.15) is 6.07 Å². The molecule has 13 heavy (non-hydrogen) atoms. The molecule has 0 amide bonds. The molecule has 1 heterocycles. The molecule has 0 atom stereocenters. The van der Waals surface area contributed by atoms with Crippen molar-refractivity contribution >= 4 is 21.6 Å². The minimum absolute atomic E-state index is 0.110. The Balaban J connectivity index is 3.41. The summed E-state index contributed by atoms with van der Waals surface area (Å²) in [6.45, 7) is 0. The summed E-state index contributed by atoms with van der Waals surface area (Å²) in [5.74, 6) is 0. The van der Waals surface area contributed by atoms with Crippen molar-refractivity contribution in [2.24, 2.45) is 0 Å². The number of anilines is 1. The van der Waals surface area contributed by atoms with Gasteiger partial charge in [-0.25, -0.2) is 13.8 Å². The zero-order valence-electron chi connectivity index (χ0n) is 6.26. The maximum atomic E-state index is 12.4. The molecule has 0 saturated heterocycles. The quantitative estimate of drug-likeness (QED) is 0.828. The van der Waals surface area contributed by atoms with Crippen molar-refractivity contribution in [2.45, 2.75) is 6.43 Å². The van der Waals surface area contributed by atoms with Crippen LogP contribution in [0.1, 0.15) is 17.7 Å². The molecule has 1 aromatic heterocycles. The lowest BCUT2D eigenvalue weighted by atomic mass is 10.2. The van der Waals surface area contributed by atoms with Gasteiger partial charge in [0.2, 0.25) is 0 Å². The minimum atomic E-state index is -2.72. The second kappa shape index (κ2) is 3.66. The normalized spacial score (nSPS) is 10.1. The Hall–Kier alpha value is -1.22. The molecule has 3 nitrogen and oxygen atoms in total. The van der Waals surface area contributed by atoms with Crippen LogP contribution in [0.5, 0.6) is 0 Å². The molecule has 0 aliphatic carbocycles. The fraction of sp³-hybridized carbons (Fsp3) is 0.143. The summed E-state index contributed by atoms with van der Waals surface area (Å²) in [4.78, 5) is 3.57. The van der Waals surface area contributed by atoms with Crippen LogP contribution in [-0.2, 0) is 0 Å². The number of hydrogen-bond donors (Lipinski definition) is 1. The molecular formula is C7H4BrF2N3. The highest BCUT2D eigenvalue weighted by molar-refractivity contribution is 9.10. The number of halogens is 3. The first kappa shape index (κ1) is 9.86. The molecule has 1 aromatic rings. The molecule has 2 N–H and O–H groups in total. The van der Waals surface area contributed by atoms with E-state index in [-0.39, 0.29) is 21.4 Å². The maximum absolute atomic E-state index is 12.4. The van der Waals surface area contributed by atoms with Gasteiger partial charge in [0, 0.05) is 10.7 Å². The second-order valence-corrected chi connectivity index (χ2v) is 3.05. The fourth-order valence-electron chi connectivity index (χ4n) is 0.827. The van der Waals surface area contributed by atoms with E-state index in [4.69, 9.17) is 11.0 Å². The van der Waals surface area contributed by atoms with Crippen LogP contribution in [0, 0.1) is 11.3 Å². The Morgan fingerprint density at radius 1 is 1.62 bits per heavy atom. The average molecular weight is 248 g/mol. The third-order valence-electron chi connectivity index (χ3n) is 1.43. The van der Waals surface area contributed by atoms with Gasteiger partial charge >= 0.3 is 0 Å². The lowest BCUT2D eigenvalue weighted by molar-refractivity contribution is 0.151. The van der Waals surface area contributed by atoms with Gasteiger partial charge in [-0.15, -0.1) is 0 Å². The van der Waals surface area contributed by atoms with Crippen LogP contribution in [0.2, 0.25) is 0 Å². The van der Waals surface area contributed by atoms with Gasteiger partial charge in [0.25, 0.3) is 6.43 Å². The van der Waals surface area contributed by atoms with E-state index < -0.39 is 6.43 Å². The summed E-state index contributed by atoms with van der Waals surface area (Å²) in [6.07, 6.45) is -1.58. The molecule has 1 rings (SSSR count). The van der Waals surface area contributed by atoms with E-state index in [0.717, 1.165) is 6.20 Å². The first-order valence-electron chi connectivity index (χ1n) is 3.20. The molecule has 0 unspecified atom stereocenters. The van der Waals surface area contributed by atoms with Crippen molar-refractivity contribution in [3.8, 4) is 6.07 Å². The van der Waals surface area contributed by atoms with Crippen molar-refractivity contribution in [1.82, 2.24) is 4.98 Å². The molecule has 0 aromatic carbocycles. The van der Waals surface area contributed by atoms with Crippen LogP contribution >= 0.6 is 15.9 Å². The highest BCUT2D eigenvalue weighted by Crippen LogP contribution is 2.32. The third-order valence-corrected chi connectivity index (χ3v) is 2.07. The number of pyridine rings is 1. The molecule has 0 aliphatic heterocycles. The minimum Gasteiger partial charge on any atom is -0.396 e. The number of alkyl halides is 2. The Kier molecular flexibility index (Phi) is 2.78. The zero-order chi connectivity index (χ0) is 10.0. The van der Waals surface area contributed by atoms with Crippen molar-refractivity contribution in [3.05, 3.63) is 21.9 Å². The average Bonchev–Trinajstić information content (AvgIpc) is 2.04. The summed E-state index contributed by atoms with van der Waals surface area (Å²) >= 11 is 2.88. The number of aromatic nitrogens is 1. The molecule has 0 radical (unpaired) electrons. The Morgan fingerprint density at radius 3 is 2.69 bits per heavy atom. The van der Waals surface area contributed by atoms with E-state index in [0.29, 0.717) is 0 Å². The van der Waals surface area contributed by atoms with Crippen molar-refractivity contribution < 1.29 is 8.78 Å². The molecule has 0 bridgehead atoms. The van der Waals surface area contributed by atoms with E-state index in [1.807, 2.05) is 0 Å². The summed E-state index contributed by atoms with van der Waals surface area (Å²) in [6, 6.07) is 1.63. The van der Waals surface area contributed by atoms with Crippen molar-refractivity contribution in [2.75, 3.05) is 5.73 Å². The van der Waals surface area contributed by atoms with Crippen LogP contribution in [-0.4, -0.2) is 4.98 Å². The van der Waals surface area contributed by atoms with Crippen molar-refractivity contribution in [1.29, 1.82) is 5.26 Å². The topological polar surface area (TPSA) is 62.7 Å². The second-order valence-electron chi connectivity index (χ2n) is 2.19. The van der Waals surface area contributed by atoms with Crippen LogP contribution in [0.3, 0.4) is 0 Å². The van der Waals surface area contributed by atoms with Crippen LogP contribution < -0.4 is 5.73 Å². The maximum Gasteiger partial charge on any atom is 0.267 e. The van der Waals surface area contributed by atoms with Crippen LogP contribution in [0.4, 0.5) is 14.5 Å². The van der Waals surface area contributed by atoms with Crippen molar-refractivity contribution in [3.63, 3.8) is 0 Å². The molecule has 6 heteroatoms. The predicted molar refractivity (Wildman–Crippen MR) is 46.0 cm³/mol. The van der Waals surface area contributed by atoms with Gasteiger partial charge in [-0.05, 0) is 15.9 Å². The van der Waals surface area contributed by atoms with Crippen LogP contribution in [0.15, 0.2) is 10.7 Å². The van der Waals surface area contributed by atoms with Gasteiger partial charge < -0.3 is 5.73 Å². The standard InChI is InChI=1S/C7H4BrF2N3/c8-3-2-13-4(1-11)6(12)5(3)7(9)10/h2,7H,12H2. The Bertz CT molecular complexity index is 373. The highest BCUT2D eigenvalue weighted by Gasteiger charge is 2.18. The Morgan fingerprint density at radius 2 is 2.23 bits per heavy atom. The molecule has 0 spiro atoms. The number of rotatable bonds is 1. The molecule has 68 valence electrons. The summed E-state index contributed by atoms with van der Waals surface area (Å²) in [5, 5.41) is 8.46.